The van der Waals surface area contributed by atoms with Crippen LogP contribution in [0.1, 0.15) is 41.6 Å². The van der Waals surface area contributed by atoms with Crippen LogP contribution in [0.2, 0.25) is 0 Å². The Kier molecular flexibility index (Phi) is 4.39. The molecule has 0 saturated heterocycles. The van der Waals surface area contributed by atoms with E-state index in [4.69, 9.17) is 0 Å². The lowest BCUT2D eigenvalue weighted by atomic mass is 10.2. The highest BCUT2D eigenvalue weighted by molar-refractivity contribution is 7.99. The Labute approximate surface area is 122 Å². The second-order valence-corrected chi connectivity index (χ2v) is 5.85. The van der Waals surface area contributed by atoms with Crippen LogP contribution in [-0.2, 0) is 0 Å². The summed E-state index contributed by atoms with van der Waals surface area (Å²) < 4.78 is 0. The standard InChI is InChI=1S/C15H16N2O2S/c1-9(2)14-16-8-12(13(17-14)15(18)19)20-11-7-5-4-6-10(11)3/h4-9H,1-3H3,(H,18,19). The molecule has 4 nitrogen and oxygen atoms in total. The molecule has 5 heteroatoms. The molecule has 2 rings (SSSR count). The molecule has 20 heavy (non-hydrogen) atoms. The van der Waals surface area contributed by atoms with Crippen molar-refractivity contribution in [3.05, 3.63) is 47.5 Å². The third-order valence-corrected chi connectivity index (χ3v) is 4.00. The van der Waals surface area contributed by atoms with E-state index < -0.39 is 5.97 Å². The lowest BCUT2D eigenvalue weighted by Gasteiger charge is -2.10. The predicted octanol–water partition coefficient (Wildman–Crippen LogP) is 3.76. The zero-order valence-electron chi connectivity index (χ0n) is 11.6. The molecule has 1 N–H and O–H groups in total. The van der Waals surface area contributed by atoms with Crippen LogP contribution < -0.4 is 0 Å². The highest BCUT2D eigenvalue weighted by Crippen LogP contribution is 2.31. The first kappa shape index (κ1) is 14.5. The molecule has 0 spiro atoms. The average Bonchev–Trinajstić information content (AvgIpc) is 2.41. The summed E-state index contributed by atoms with van der Waals surface area (Å²) in [6.45, 7) is 5.87. The smallest absolute Gasteiger partial charge is 0.355 e. The van der Waals surface area contributed by atoms with Gasteiger partial charge in [0.2, 0.25) is 0 Å². The molecule has 0 amide bonds. The topological polar surface area (TPSA) is 63.1 Å². The largest absolute Gasteiger partial charge is 0.476 e. The molecule has 2 aromatic rings. The van der Waals surface area contributed by atoms with E-state index in [9.17, 15) is 9.90 Å². The normalized spacial score (nSPS) is 10.8. The van der Waals surface area contributed by atoms with Gasteiger partial charge in [0.15, 0.2) is 5.69 Å². The van der Waals surface area contributed by atoms with Crippen LogP contribution in [0.15, 0.2) is 40.3 Å². The van der Waals surface area contributed by atoms with Crippen molar-refractivity contribution >= 4 is 17.7 Å². The van der Waals surface area contributed by atoms with Gasteiger partial charge in [-0.1, -0.05) is 43.8 Å². The van der Waals surface area contributed by atoms with Crippen LogP contribution in [0.3, 0.4) is 0 Å². The highest BCUT2D eigenvalue weighted by atomic mass is 32.2. The fourth-order valence-corrected chi connectivity index (χ4v) is 2.63. The quantitative estimate of drug-likeness (QED) is 0.928. The number of aromatic carboxylic acids is 1. The van der Waals surface area contributed by atoms with Crippen molar-refractivity contribution in [3.8, 4) is 0 Å². The number of carbonyl (C=O) groups is 1. The van der Waals surface area contributed by atoms with Crippen LogP contribution in [0, 0.1) is 6.92 Å². The van der Waals surface area contributed by atoms with E-state index in [1.165, 1.54) is 11.8 Å². The number of carboxylic acids is 1. The third kappa shape index (κ3) is 3.17. The number of hydrogen-bond acceptors (Lipinski definition) is 4. The van der Waals surface area contributed by atoms with Gasteiger partial charge in [-0.2, -0.15) is 0 Å². The fourth-order valence-electron chi connectivity index (χ4n) is 1.68. The first-order chi connectivity index (χ1) is 9.49. The van der Waals surface area contributed by atoms with Crippen molar-refractivity contribution in [2.45, 2.75) is 36.5 Å². The van der Waals surface area contributed by atoms with Gasteiger partial charge < -0.3 is 5.11 Å². The van der Waals surface area contributed by atoms with E-state index in [1.54, 1.807) is 6.20 Å². The summed E-state index contributed by atoms with van der Waals surface area (Å²) in [6.07, 6.45) is 1.60. The maximum absolute atomic E-state index is 11.4. The van der Waals surface area contributed by atoms with Crippen molar-refractivity contribution in [2.75, 3.05) is 0 Å². The lowest BCUT2D eigenvalue weighted by molar-refractivity contribution is 0.0685. The Morgan fingerprint density at radius 3 is 2.55 bits per heavy atom. The van der Waals surface area contributed by atoms with E-state index >= 15 is 0 Å². The third-order valence-electron chi connectivity index (χ3n) is 2.81. The average molecular weight is 288 g/mol. The monoisotopic (exact) mass is 288 g/mol. The highest BCUT2D eigenvalue weighted by Gasteiger charge is 2.17. The van der Waals surface area contributed by atoms with Crippen molar-refractivity contribution in [3.63, 3.8) is 0 Å². The van der Waals surface area contributed by atoms with Gasteiger partial charge in [0.25, 0.3) is 0 Å². The van der Waals surface area contributed by atoms with Gasteiger partial charge in [0, 0.05) is 17.0 Å². The minimum absolute atomic E-state index is 0.0666. The number of nitrogens with zero attached hydrogens (tertiary/aromatic N) is 2. The molecule has 1 aromatic carbocycles. The Balaban J connectivity index is 2.41. The first-order valence-electron chi connectivity index (χ1n) is 6.32. The van der Waals surface area contributed by atoms with E-state index in [1.807, 2.05) is 45.0 Å². The number of benzene rings is 1. The van der Waals surface area contributed by atoms with Gasteiger partial charge in [-0.25, -0.2) is 14.8 Å². The second-order valence-electron chi connectivity index (χ2n) is 4.77. The van der Waals surface area contributed by atoms with E-state index in [0.717, 1.165) is 10.5 Å². The number of rotatable bonds is 4. The second kappa shape index (κ2) is 6.05. The maximum atomic E-state index is 11.4. The van der Waals surface area contributed by atoms with Gasteiger partial charge in [-0.3, -0.25) is 0 Å². The molecule has 1 heterocycles. The zero-order valence-corrected chi connectivity index (χ0v) is 12.4. The Morgan fingerprint density at radius 2 is 1.95 bits per heavy atom. The van der Waals surface area contributed by atoms with Crippen LogP contribution in [0.5, 0.6) is 0 Å². The molecular formula is C15H16N2O2S. The summed E-state index contributed by atoms with van der Waals surface area (Å²) in [5, 5.41) is 9.32. The Hall–Kier alpha value is -1.88. The summed E-state index contributed by atoms with van der Waals surface area (Å²) in [4.78, 5) is 21.4. The molecule has 0 fully saturated rings. The molecule has 0 bridgehead atoms. The van der Waals surface area contributed by atoms with Gasteiger partial charge in [-0.05, 0) is 18.6 Å². The Morgan fingerprint density at radius 1 is 1.25 bits per heavy atom. The summed E-state index contributed by atoms with van der Waals surface area (Å²) in [5.41, 5.74) is 1.17. The predicted molar refractivity (Wildman–Crippen MR) is 78.4 cm³/mol. The van der Waals surface area contributed by atoms with Crippen LogP contribution in [-0.4, -0.2) is 21.0 Å². The van der Waals surface area contributed by atoms with Gasteiger partial charge in [0.05, 0.1) is 4.90 Å². The van der Waals surface area contributed by atoms with Gasteiger partial charge >= 0.3 is 5.97 Å². The summed E-state index contributed by atoms with van der Waals surface area (Å²) in [6, 6.07) is 7.84. The minimum atomic E-state index is -1.02. The molecule has 0 saturated carbocycles. The number of hydrogen-bond donors (Lipinski definition) is 1. The van der Waals surface area contributed by atoms with Gasteiger partial charge in [-0.15, -0.1) is 0 Å². The number of aryl methyl sites for hydroxylation is 1. The molecule has 0 unspecified atom stereocenters. The van der Waals surface area contributed by atoms with E-state index in [-0.39, 0.29) is 11.6 Å². The Bertz CT molecular complexity index is 642. The van der Waals surface area contributed by atoms with E-state index in [0.29, 0.717) is 10.7 Å². The lowest BCUT2D eigenvalue weighted by Crippen LogP contribution is -2.08. The SMILES string of the molecule is Cc1ccccc1Sc1cnc(C(C)C)nc1C(=O)O. The van der Waals surface area contributed by atoms with Crippen molar-refractivity contribution in [2.24, 2.45) is 0 Å². The van der Waals surface area contributed by atoms with Crippen molar-refractivity contribution in [1.82, 2.24) is 9.97 Å². The molecule has 0 atom stereocenters. The zero-order chi connectivity index (χ0) is 14.7. The number of carboxylic acid groups (broad SMARTS) is 1. The van der Waals surface area contributed by atoms with Crippen LogP contribution in [0.4, 0.5) is 0 Å². The molecule has 0 aliphatic carbocycles. The molecule has 0 aliphatic rings. The molecule has 104 valence electrons. The first-order valence-corrected chi connectivity index (χ1v) is 7.14. The summed E-state index contributed by atoms with van der Waals surface area (Å²) >= 11 is 1.38. The molecular weight excluding hydrogens is 272 g/mol. The van der Waals surface area contributed by atoms with Crippen molar-refractivity contribution < 1.29 is 9.90 Å². The van der Waals surface area contributed by atoms with Crippen LogP contribution in [0.25, 0.3) is 0 Å². The summed E-state index contributed by atoms with van der Waals surface area (Å²) in [5.74, 6) is -0.368. The van der Waals surface area contributed by atoms with E-state index in [2.05, 4.69) is 9.97 Å². The van der Waals surface area contributed by atoms with Crippen molar-refractivity contribution in [1.29, 1.82) is 0 Å². The number of aromatic nitrogens is 2. The van der Waals surface area contributed by atoms with Crippen LogP contribution >= 0.6 is 11.8 Å². The fraction of sp³-hybridized carbons (Fsp3) is 0.267. The van der Waals surface area contributed by atoms with Gasteiger partial charge in [0.1, 0.15) is 5.82 Å². The molecule has 0 radical (unpaired) electrons. The summed E-state index contributed by atoms with van der Waals surface area (Å²) in [7, 11) is 0. The molecule has 1 aromatic heterocycles. The maximum Gasteiger partial charge on any atom is 0.355 e. The molecule has 0 aliphatic heterocycles. The minimum Gasteiger partial charge on any atom is -0.476 e.